The fourth-order valence-corrected chi connectivity index (χ4v) is 2.63. The number of thiophene rings is 1. The minimum Gasteiger partial charge on any atom is -0.338 e. The van der Waals surface area contributed by atoms with E-state index < -0.39 is 0 Å². The predicted octanol–water partition coefficient (Wildman–Crippen LogP) is 1.18. The molecule has 0 aliphatic carbocycles. The molecule has 2 heterocycles. The predicted molar refractivity (Wildman–Crippen MR) is 64.9 cm³/mol. The molecule has 0 spiro atoms. The molecule has 4 heteroatoms. The second kappa shape index (κ2) is 5.15. The molecule has 0 saturated carbocycles. The lowest BCUT2D eigenvalue weighted by Crippen LogP contribution is -2.23. The van der Waals surface area contributed by atoms with Gasteiger partial charge in [0.2, 0.25) is 5.91 Å². The van der Waals surface area contributed by atoms with Crippen molar-refractivity contribution in [3.05, 3.63) is 21.9 Å². The minimum absolute atomic E-state index is 0.267. The second-order valence-corrected chi connectivity index (χ2v) is 4.86. The van der Waals surface area contributed by atoms with Gasteiger partial charge in [-0.2, -0.15) is 0 Å². The van der Waals surface area contributed by atoms with Gasteiger partial charge in [0.05, 0.1) is 18.0 Å². The summed E-state index contributed by atoms with van der Waals surface area (Å²) in [6.45, 7) is 2.01. The third-order valence-corrected chi connectivity index (χ3v) is 3.48. The lowest BCUT2D eigenvalue weighted by atomic mass is 10.4. The van der Waals surface area contributed by atoms with Crippen LogP contribution in [0, 0.1) is 11.8 Å². The zero-order valence-electron chi connectivity index (χ0n) is 9.03. The van der Waals surface area contributed by atoms with Crippen LogP contribution in [-0.2, 0) is 11.3 Å². The Morgan fingerprint density at radius 1 is 1.50 bits per heavy atom. The maximum Gasteiger partial charge on any atom is 0.222 e. The normalized spacial score (nSPS) is 15.1. The molecule has 2 rings (SSSR count). The topological polar surface area (TPSA) is 46.3 Å². The summed E-state index contributed by atoms with van der Waals surface area (Å²) in [6.07, 6.45) is 1.69. The Balaban J connectivity index is 1.99. The zero-order chi connectivity index (χ0) is 11.4. The third-order valence-electron chi connectivity index (χ3n) is 2.49. The highest BCUT2D eigenvalue weighted by molar-refractivity contribution is 7.12. The number of likely N-dealkylation sites (tertiary alicyclic amines) is 1. The molecular weight excluding hydrogens is 220 g/mol. The number of carbonyl (C=O) groups excluding carboxylic acids is 1. The van der Waals surface area contributed by atoms with Gasteiger partial charge < -0.3 is 10.6 Å². The number of nitrogens with zero attached hydrogens (tertiary/aromatic N) is 1. The molecule has 84 valence electrons. The number of hydrogen-bond acceptors (Lipinski definition) is 3. The first-order valence-corrected chi connectivity index (χ1v) is 6.16. The van der Waals surface area contributed by atoms with Gasteiger partial charge in [-0.25, -0.2) is 0 Å². The van der Waals surface area contributed by atoms with E-state index in [0.717, 1.165) is 24.4 Å². The van der Waals surface area contributed by atoms with E-state index in [2.05, 4.69) is 11.8 Å². The van der Waals surface area contributed by atoms with Gasteiger partial charge in [0.15, 0.2) is 0 Å². The number of rotatable bonds is 2. The molecule has 0 bridgehead atoms. The van der Waals surface area contributed by atoms with Crippen LogP contribution in [0.4, 0.5) is 0 Å². The van der Waals surface area contributed by atoms with Gasteiger partial charge in [0, 0.05) is 17.8 Å². The Morgan fingerprint density at radius 3 is 3.06 bits per heavy atom. The molecule has 2 N–H and O–H groups in total. The highest BCUT2D eigenvalue weighted by Crippen LogP contribution is 2.20. The molecule has 0 unspecified atom stereocenters. The monoisotopic (exact) mass is 234 g/mol. The van der Waals surface area contributed by atoms with Gasteiger partial charge >= 0.3 is 0 Å². The molecule has 1 aliphatic heterocycles. The van der Waals surface area contributed by atoms with Gasteiger partial charge in [-0.15, -0.1) is 11.3 Å². The molecule has 0 atom stereocenters. The van der Waals surface area contributed by atoms with Crippen LogP contribution >= 0.6 is 11.3 Å². The maximum absolute atomic E-state index is 11.4. The maximum atomic E-state index is 11.4. The minimum atomic E-state index is 0.267. The average molecular weight is 234 g/mol. The summed E-state index contributed by atoms with van der Waals surface area (Å²) < 4.78 is 0. The van der Waals surface area contributed by atoms with Gasteiger partial charge in [-0.1, -0.05) is 11.8 Å². The first kappa shape index (κ1) is 11.2. The zero-order valence-corrected chi connectivity index (χ0v) is 9.85. The van der Waals surface area contributed by atoms with E-state index in [-0.39, 0.29) is 5.91 Å². The molecule has 1 aliphatic rings. The van der Waals surface area contributed by atoms with Crippen molar-refractivity contribution >= 4 is 17.2 Å². The summed E-state index contributed by atoms with van der Waals surface area (Å²) in [4.78, 5) is 15.6. The fraction of sp³-hybridized carbons (Fsp3) is 0.417. The highest BCUT2D eigenvalue weighted by Gasteiger charge is 2.20. The van der Waals surface area contributed by atoms with Crippen LogP contribution < -0.4 is 5.73 Å². The summed E-state index contributed by atoms with van der Waals surface area (Å²) >= 11 is 1.64. The van der Waals surface area contributed by atoms with Crippen LogP contribution in [-0.4, -0.2) is 23.9 Å². The van der Waals surface area contributed by atoms with Crippen molar-refractivity contribution in [2.24, 2.45) is 5.73 Å². The van der Waals surface area contributed by atoms with Gasteiger partial charge in [-0.3, -0.25) is 4.79 Å². The van der Waals surface area contributed by atoms with Crippen LogP contribution in [0.25, 0.3) is 0 Å². The molecule has 0 aromatic carbocycles. The Morgan fingerprint density at radius 2 is 2.38 bits per heavy atom. The molecule has 1 aromatic heterocycles. The van der Waals surface area contributed by atoms with E-state index in [1.807, 2.05) is 17.0 Å². The number of amides is 1. The summed E-state index contributed by atoms with van der Waals surface area (Å²) in [5.74, 6) is 6.10. The van der Waals surface area contributed by atoms with Gasteiger partial charge in [0.25, 0.3) is 0 Å². The van der Waals surface area contributed by atoms with Crippen LogP contribution in [0.1, 0.15) is 22.6 Å². The van der Waals surface area contributed by atoms with Crippen LogP contribution in [0.5, 0.6) is 0 Å². The Labute approximate surface area is 99.2 Å². The van der Waals surface area contributed by atoms with Crippen LogP contribution in [0.2, 0.25) is 0 Å². The van der Waals surface area contributed by atoms with Crippen molar-refractivity contribution < 1.29 is 4.79 Å². The molecular formula is C12H14N2OS. The van der Waals surface area contributed by atoms with Crippen molar-refractivity contribution in [2.75, 3.05) is 13.1 Å². The molecule has 1 aromatic rings. The van der Waals surface area contributed by atoms with Gasteiger partial charge in [-0.05, 0) is 18.6 Å². The van der Waals surface area contributed by atoms with Crippen molar-refractivity contribution in [3.8, 4) is 11.8 Å². The van der Waals surface area contributed by atoms with E-state index in [4.69, 9.17) is 5.73 Å². The number of hydrogen-bond donors (Lipinski definition) is 1. The summed E-state index contributed by atoms with van der Waals surface area (Å²) in [7, 11) is 0. The van der Waals surface area contributed by atoms with E-state index in [0.29, 0.717) is 13.0 Å². The average Bonchev–Trinajstić information content (AvgIpc) is 2.87. The van der Waals surface area contributed by atoms with E-state index in [1.54, 1.807) is 11.3 Å². The smallest absolute Gasteiger partial charge is 0.222 e. The molecule has 1 amide bonds. The van der Waals surface area contributed by atoms with Crippen molar-refractivity contribution in [1.29, 1.82) is 0 Å². The van der Waals surface area contributed by atoms with Crippen molar-refractivity contribution in [3.63, 3.8) is 0 Å². The molecule has 0 radical (unpaired) electrons. The van der Waals surface area contributed by atoms with E-state index in [9.17, 15) is 4.79 Å². The Kier molecular flexibility index (Phi) is 3.60. The van der Waals surface area contributed by atoms with Crippen molar-refractivity contribution in [2.45, 2.75) is 19.4 Å². The first-order valence-electron chi connectivity index (χ1n) is 5.35. The quantitative estimate of drug-likeness (QED) is 0.781. The number of carbonyl (C=O) groups is 1. The lowest BCUT2D eigenvalue weighted by Gasteiger charge is -2.13. The van der Waals surface area contributed by atoms with Gasteiger partial charge in [0.1, 0.15) is 0 Å². The SMILES string of the molecule is NCC#Cc1ccc(CN2CCCC2=O)s1. The molecule has 3 nitrogen and oxygen atoms in total. The molecule has 1 fully saturated rings. The number of nitrogens with two attached hydrogens (primary N) is 1. The standard InChI is InChI=1S/C12H14N2OS/c13-7-1-3-10-5-6-11(16-10)9-14-8-2-4-12(14)15/h5-6H,2,4,7-9,13H2. The van der Waals surface area contributed by atoms with Crippen LogP contribution in [0.3, 0.4) is 0 Å². The Hall–Kier alpha value is -1.31. The summed E-state index contributed by atoms with van der Waals surface area (Å²) in [5, 5.41) is 0. The Bertz CT molecular complexity index is 441. The summed E-state index contributed by atoms with van der Waals surface area (Å²) in [5.41, 5.74) is 5.31. The van der Waals surface area contributed by atoms with Crippen molar-refractivity contribution in [1.82, 2.24) is 4.90 Å². The third kappa shape index (κ3) is 2.63. The first-order chi connectivity index (χ1) is 7.79. The largest absolute Gasteiger partial charge is 0.338 e. The fourth-order valence-electron chi connectivity index (χ4n) is 1.73. The molecule has 16 heavy (non-hydrogen) atoms. The summed E-state index contributed by atoms with van der Waals surface area (Å²) in [6, 6.07) is 4.03. The highest BCUT2D eigenvalue weighted by atomic mass is 32.1. The van der Waals surface area contributed by atoms with E-state index in [1.165, 1.54) is 4.88 Å². The van der Waals surface area contributed by atoms with E-state index >= 15 is 0 Å². The second-order valence-electron chi connectivity index (χ2n) is 3.69. The molecule has 1 saturated heterocycles. The lowest BCUT2D eigenvalue weighted by molar-refractivity contribution is -0.128. The van der Waals surface area contributed by atoms with Crippen LogP contribution in [0.15, 0.2) is 12.1 Å².